The molecule has 2 amide bonds. The van der Waals surface area contributed by atoms with Crippen LogP contribution in [0.4, 0.5) is 11.5 Å². The minimum absolute atomic E-state index is 0.0628. The molecule has 3 aromatic rings. The molecular formula is C21H23N5O2S. The number of anilines is 2. The second-order valence-corrected chi connectivity index (χ2v) is 8.17. The second kappa shape index (κ2) is 8.48. The predicted octanol–water partition coefficient (Wildman–Crippen LogP) is 2.60. The Labute approximate surface area is 172 Å². The molecule has 0 aliphatic carbocycles. The molecule has 3 heterocycles. The molecule has 2 aromatic heterocycles. The second-order valence-electron chi connectivity index (χ2n) is 7.00. The van der Waals surface area contributed by atoms with Crippen molar-refractivity contribution in [3.05, 3.63) is 53.5 Å². The lowest BCUT2D eigenvalue weighted by molar-refractivity contribution is -0.137. The van der Waals surface area contributed by atoms with Crippen molar-refractivity contribution >= 4 is 44.7 Å². The molecule has 1 aliphatic rings. The molecule has 4 rings (SSSR count). The number of carbonyl (C=O) groups excluding carboxylic acids is 2. The maximum atomic E-state index is 12.7. The Morgan fingerprint density at radius 1 is 1.24 bits per heavy atom. The highest BCUT2D eigenvalue weighted by Gasteiger charge is 2.33. The quantitative estimate of drug-likeness (QED) is 0.581. The third kappa shape index (κ3) is 4.32. The van der Waals surface area contributed by atoms with Crippen LogP contribution in [-0.2, 0) is 16.1 Å². The Hall–Kier alpha value is -3.13. The van der Waals surface area contributed by atoms with E-state index in [1.165, 1.54) is 0 Å². The van der Waals surface area contributed by atoms with Crippen LogP contribution in [-0.4, -0.2) is 40.8 Å². The average molecular weight is 410 g/mol. The standard InChI is InChI=1S/C21H23N5O2S/c22-20-16-11-15(29-18(16)8-9-23-20)12-25-21(28)17-7-4-10-26(17)19(27)13-24-14-5-2-1-3-6-14/h1-3,5-6,8-9,11,17,24H,4,7,10,12-13H2,(H2,22,23)(H,25,28)/t17-/m0/s1. The van der Waals surface area contributed by atoms with Crippen molar-refractivity contribution in [1.82, 2.24) is 15.2 Å². The zero-order valence-corrected chi connectivity index (χ0v) is 16.7. The summed E-state index contributed by atoms with van der Waals surface area (Å²) in [7, 11) is 0. The van der Waals surface area contributed by atoms with Gasteiger partial charge in [-0.2, -0.15) is 0 Å². The summed E-state index contributed by atoms with van der Waals surface area (Å²) in [5.74, 6) is 0.320. The van der Waals surface area contributed by atoms with Crippen LogP contribution in [0.2, 0.25) is 0 Å². The Morgan fingerprint density at radius 3 is 2.86 bits per heavy atom. The van der Waals surface area contributed by atoms with E-state index in [0.717, 1.165) is 27.1 Å². The van der Waals surface area contributed by atoms with Gasteiger partial charge in [-0.1, -0.05) is 18.2 Å². The minimum Gasteiger partial charge on any atom is -0.383 e. The van der Waals surface area contributed by atoms with Crippen LogP contribution in [0.25, 0.3) is 10.1 Å². The van der Waals surface area contributed by atoms with Gasteiger partial charge in [0.15, 0.2) is 0 Å². The van der Waals surface area contributed by atoms with Crippen molar-refractivity contribution < 1.29 is 9.59 Å². The van der Waals surface area contributed by atoms with E-state index in [1.54, 1.807) is 22.4 Å². The number of hydrogen-bond acceptors (Lipinski definition) is 6. The van der Waals surface area contributed by atoms with Crippen LogP contribution < -0.4 is 16.4 Å². The number of nitrogens with one attached hydrogen (secondary N) is 2. The first-order chi connectivity index (χ1) is 14.1. The third-order valence-corrected chi connectivity index (χ3v) is 6.16. The number of rotatable bonds is 6. The molecule has 29 heavy (non-hydrogen) atoms. The number of thiophene rings is 1. The summed E-state index contributed by atoms with van der Waals surface area (Å²) in [4.78, 5) is 32.1. The highest BCUT2D eigenvalue weighted by atomic mass is 32.1. The molecule has 1 saturated heterocycles. The summed E-state index contributed by atoms with van der Waals surface area (Å²) in [5, 5.41) is 7.00. The van der Waals surface area contributed by atoms with E-state index in [4.69, 9.17) is 5.73 Å². The first-order valence-corrected chi connectivity index (χ1v) is 10.4. The first-order valence-electron chi connectivity index (χ1n) is 9.61. The first kappa shape index (κ1) is 19.2. The van der Waals surface area contributed by atoms with Crippen molar-refractivity contribution in [3.63, 3.8) is 0 Å². The predicted molar refractivity (Wildman–Crippen MR) is 116 cm³/mol. The normalized spacial score (nSPS) is 16.1. The molecule has 1 atom stereocenters. The molecule has 4 N–H and O–H groups in total. The van der Waals surface area contributed by atoms with Gasteiger partial charge in [0.2, 0.25) is 11.8 Å². The van der Waals surface area contributed by atoms with E-state index < -0.39 is 6.04 Å². The monoisotopic (exact) mass is 409 g/mol. The van der Waals surface area contributed by atoms with Crippen molar-refractivity contribution in [1.29, 1.82) is 0 Å². The maximum absolute atomic E-state index is 12.7. The summed E-state index contributed by atoms with van der Waals surface area (Å²) >= 11 is 1.58. The number of nitrogens with zero attached hydrogens (tertiary/aromatic N) is 2. The summed E-state index contributed by atoms with van der Waals surface area (Å²) in [6.45, 7) is 1.20. The highest BCUT2D eigenvalue weighted by Crippen LogP contribution is 2.28. The van der Waals surface area contributed by atoms with Crippen molar-refractivity contribution in [2.24, 2.45) is 0 Å². The summed E-state index contributed by atoms with van der Waals surface area (Å²) in [5.41, 5.74) is 6.79. The molecule has 1 aromatic carbocycles. The smallest absolute Gasteiger partial charge is 0.243 e. The minimum atomic E-state index is -0.416. The number of para-hydroxylation sites is 1. The fraction of sp³-hybridized carbons (Fsp3) is 0.286. The molecule has 0 spiro atoms. The average Bonchev–Trinajstić information content (AvgIpc) is 3.39. The fourth-order valence-corrected chi connectivity index (χ4v) is 4.59. The molecule has 150 valence electrons. The number of nitrogen functional groups attached to an aromatic ring is 1. The van der Waals surface area contributed by atoms with E-state index >= 15 is 0 Å². The van der Waals surface area contributed by atoms with Crippen LogP contribution in [0.15, 0.2) is 48.7 Å². The van der Waals surface area contributed by atoms with Crippen molar-refractivity contribution in [3.8, 4) is 0 Å². The number of nitrogens with two attached hydrogens (primary N) is 1. The number of pyridine rings is 1. The Kier molecular flexibility index (Phi) is 5.62. The number of aromatic nitrogens is 1. The lowest BCUT2D eigenvalue weighted by Crippen LogP contribution is -2.47. The maximum Gasteiger partial charge on any atom is 0.243 e. The van der Waals surface area contributed by atoms with Gasteiger partial charge < -0.3 is 21.3 Å². The van der Waals surface area contributed by atoms with Gasteiger partial charge in [-0.05, 0) is 37.1 Å². The van der Waals surface area contributed by atoms with E-state index in [2.05, 4.69) is 15.6 Å². The Morgan fingerprint density at radius 2 is 2.07 bits per heavy atom. The van der Waals surface area contributed by atoms with E-state index in [9.17, 15) is 9.59 Å². The van der Waals surface area contributed by atoms with Crippen molar-refractivity contribution in [2.45, 2.75) is 25.4 Å². The third-order valence-electron chi connectivity index (χ3n) is 5.06. The van der Waals surface area contributed by atoms with E-state index in [1.807, 2.05) is 42.5 Å². The molecule has 1 aliphatic heterocycles. The number of carbonyl (C=O) groups is 2. The lowest BCUT2D eigenvalue weighted by atomic mass is 10.2. The number of likely N-dealkylation sites (tertiary alicyclic amines) is 1. The van der Waals surface area contributed by atoms with Crippen LogP contribution in [0.5, 0.6) is 0 Å². The van der Waals surface area contributed by atoms with Gasteiger partial charge in [-0.25, -0.2) is 4.98 Å². The molecule has 7 nitrogen and oxygen atoms in total. The van der Waals surface area contributed by atoms with Crippen LogP contribution in [0.1, 0.15) is 17.7 Å². The zero-order chi connectivity index (χ0) is 20.2. The molecule has 0 saturated carbocycles. The van der Waals surface area contributed by atoms with Gasteiger partial charge in [0.05, 0.1) is 13.1 Å². The van der Waals surface area contributed by atoms with Gasteiger partial charge >= 0.3 is 0 Å². The summed E-state index contributed by atoms with van der Waals surface area (Å²) in [6, 6.07) is 13.0. The molecule has 0 bridgehead atoms. The number of fused-ring (bicyclic) bond motifs is 1. The topological polar surface area (TPSA) is 100 Å². The van der Waals surface area contributed by atoms with E-state index in [-0.39, 0.29) is 18.4 Å². The number of benzene rings is 1. The lowest BCUT2D eigenvalue weighted by Gasteiger charge is -2.24. The largest absolute Gasteiger partial charge is 0.383 e. The summed E-state index contributed by atoms with van der Waals surface area (Å²) < 4.78 is 1.05. The van der Waals surface area contributed by atoms with Gasteiger partial charge in [-0.3, -0.25) is 9.59 Å². The highest BCUT2D eigenvalue weighted by molar-refractivity contribution is 7.19. The molecule has 1 fully saturated rings. The SMILES string of the molecule is Nc1nccc2sc(CNC(=O)[C@@H]3CCCN3C(=O)CNc3ccccc3)cc12. The van der Waals surface area contributed by atoms with Gasteiger partial charge in [0.25, 0.3) is 0 Å². The number of amides is 2. The zero-order valence-electron chi connectivity index (χ0n) is 15.9. The van der Waals surface area contributed by atoms with Crippen molar-refractivity contribution in [2.75, 3.05) is 24.1 Å². The molecule has 0 unspecified atom stereocenters. The fourth-order valence-electron chi connectivity index (χ4n) is 3.59. The van der Waals surface area contributed by atoms with Crippen LogP contribution in [0, 0.1) is 0 Å². The molecule has 8 heteroatoms. The molecule has 0 radical (unpaired) electrons. The molecular weight excluding hydrogens is 386 g/mol. The van der Waals surface area contributed by atoms with Gasteiger partial charge in [0, 0.05) is 33.4 Å². The van der Waals surface area contributed by atoms with Gasteiger partial charge in [0.1, 0.15) is 11.9 Å². The van der Waals surface area contributed by atoms with Crippen LogP contribution in [0.3, 0.4) is 0 Å². The van der Waals surface area contributed by atoms with E-state index in [0.29, 0.717) is 25.3 Å². The van der Waals surface area contributed by atoms with Gasteiger partial charge in [-0.15, -0.1) is 11.3 Å². The Balaban J connectivity index is 1.34. The number of hydrogen-bond donors (Lipinski definition) is 3. The Bertz CT molecular complexity index is 1020. The summed E-state index contributed by atoms with van der Waals surface area (Å²) in [6.07, 6.45) is 3.20. The van der Waals surface area contributed by atoms with Crippen LogP contribution >= 0.6 is 11.3 Å².